The number of hydrogen-bond donors (Lipinski definition) is 1. The zero-order chi connectivity index (χ0) is 10.9. The van der Waals surface area contributed by atoms with Crippen LogP contribution in [0.3, 0.4) is 0 Å². The van der Waals surface area contributed by atoms with E-state index in [0.717, 1.165) is 6.20 Å². The molecule has 0 saturated heterocycles. The Hall–Kier alpha value is -1.43. The van der Waals surface area contributed by atoms with Gasteiger partial charge in [0.05, 0.1) is 18.0 Å². The van der Waals surface area contributed by atoms with Crippen LogP contribution in [0.5, 0.6) is 0 Å². The van der Waals surface area contributed by atoms with Gasteiger partial charge in [0.1, 0.15) is 11.6 Å². The second kappa shape index (κ2) is 3.62. The highest BCUT2D eigenvalue weighted by Gasteiger charge is 2.21. The molecular weight excluding hydrogens is 219 g/mol. The first kappa shape index (κ1) is 10.1. The molecule has 0 spiro atoms. The van der Waals surface area contributed by atoms with Gasteiger partial charge in [-0.3, -0.25) is 0 Å². The van der Waals surface area contributed by atoms with Crippen molar-refractivity contribution in [2.75, 3.05) is 11.1 Å². The number of aromatic nitrogens is 1. The first-order valence-electron chi connectivity index (χ1n) is 4.34. The molecule has 0 aromatic carbocycles. The summed E-state index contributed by atoms with van der Waals surface area (Å²) in [5, 5.41) is 4.05. The third kappa shape index (κ3) is 2.53. The molecule has 0 amide bonds. The van der Waals surface area contributed by atoms with Crippen LogP contribution in [0.2, 0.25) is 0 Å². The zero-order valence-electron chi connectivity index (χ0n) is 7.72. The van der Waals surface area contributed by atoms with Gasteiger partial charge in [0, 0.05) is 5.41 Å². The topological polar surface area (TPSA) is 59.1 Å². The average Bonchev–Trinajstić information content (AvgIpc) is 2.50. The lowest BCUT2D eigenvalue weighted by atomic mass is 10.3. The number of pyridine rings is 1. The Kier molecular flexibility index (Phi) is 2.44. The summed E-state index contributed by atoms with van der Waals surface area (Å²) in [5.41, 5.74) is 0. The summed E-state index contributed by atoms with van der Waals surface area (Å²) >= 11 is 0. The first-order chi connectivity index (χ1) is 7.05. The van der Waals surface area contributed by atoms with E-state index < -0.39 is 15.7 Å². The zero-order valence-corrected chi connectivity index (χ0v) is 8.54. The van der Waals surface area contributed by atoms with E-state index in [9.17, 15) is 12.8 Å². The summed E-state index contributed by atoms with van der Waals surface area (Å²) in [7, 11) is -3.07. The Morgan fingerprint density at radius 1 is 1.47 bits per heavy atom. The van der Waals surface area contributed by atoms with Crippen LogP contribution in [0.25, 0.3) is 0 Å². The Morgan fingerprint density at radius 2 is 2.27 bits per heavy atom. The highest BCUT2D eigenvalue weighted by Crippen LogP contribution is 2.13. The van der Waals surface area contributed by atoms with Gasteiger partial charge >= 0.3 is 0 Å². The normalized spacial score (nSPS) is 22.9. The third-order valence-electron chi connectivity index (χ3n) is 1.99. The van der Waals surface area contributed by atoms with Crippen molar-refractivity contribution in [1.82, 2.24) is 4.98 Å². The lowest BCUT2D eigenvalue weighted by Crippen LogP contribution is -2.21. The molecule has 1 aliphatic heterocycles. The molecule has 0 radical (unpaired) electrons. The van der Waals surface area contributed by atoms with Crippen molar-refractivity contribution in [2.24, 2.45) is 0 Å². The van der Waals surface area contributed by atoms with E-state index in [1.54, 1.807) is 6.08 Å². The van der Waals surface area contributed by atoms with Gasteiger partial charge in [-0.05, 0) is 18.2 Å². The van der Waals surface area contributed by atoms with Crippen LogP contribution in [0.1, 0.15) is 0 Å². The Labute approximate surface area is 86.8 Å². The number of sulfone groups is 1. The highest BCUT2D eigenvalue weighted by molar-refractivity contribution is 7.94. The van der Waals surface area contributed by atoms with Crippen LogP contribution in [0, 0.1) is 5.82 Å². The number of rotatable bonds is 2. The predicted octanol–water partition coefficient (Wildman–Crippen LogP) is 0.943. The van der Waals surface area contributed by atoms with Gasteiger partial charge in [0.15, 0.2) is 9.84 Å². The lowest BCUT2D eigenvalue weighted by Gasteiger charge is -2.09. The van der Waals surface area contributed by atoms with E-state index in [-0.39, 0.29) is 11.8 Å². The number of nitrogens with zero attached hydrogens (tertiary/aromatic N) is 1. The van der Waals surface area contributed by atoms with Crippen LogP contribution < -0.4 is 5.32 Å². The maximum absolute atomic E-state index is 12.5. The summed E-state index contributed by atoms with van der Waals surface area (Å²) < 4.78 is 34.7. The Balaban J connectivity index is 2.05. The Bertz CT molecular complexity index is 481. The number of halogens is 1. The molecular formula is C9H9FN2O2S. The van der Waals surface area contributed by atoms with E-state index in [2.05, 4.69) is 10.3 Å². The molecule has 0 bridgehead atoms. The minimum absolute atomic E-state index is 0.0199. The van der Waals surface area contributed by atoms with Gasteiger partial charge in [-0.1, -0.05) is 0 Å². The highest BCUT2D eigenvalue weighted by atomic mass is 32.2. The molecule has 0 fully saturated rings. The molecule has 1 N–H and O–H groups in total. The quantitative estimate of drug-likeness (QED) is 0.818. The van der Waals surface area contributed by atoms with Crippen molar-refractivity contribution in [3.63, 3.8) is 0 Å². The fourth-order valence-corrected chi connectivity index (χ4v) is 2.55. The lowest BCUT2D eigenvalue weighted by molar-refractivity contribution is 0.605. The van der Waals surface area contributed by atoms with Gasteiger partial charge in [-0.2, -0.15) is 0 Å². The van der Waals surface area contributed by atoms with Crippen molar-refractivity contribution in [3.05, 3.63) is 35.6 Å². The second-order valence-corrected chi connectivity index (χ2v) is 5.20. The van der Waals surface area contributed by atoms with Crippen molar-refractivity contribution >= 4 is 15.7 Å². The van der Waals surface area contributed by atoms with E-state index in [1.807, 2.05) is 0 Å². The molecule has 6 heteroatoms. The summed E-state index contributed by atoms with van der Waals surface area (Å²) in [6, 6.07) is 2.45. The summed E-state index contributed by atoms with van der Waals surface area (Å²) in [6.45, 7) is 0. The molecule has 0 saturated carbocycles. The van der Waals surface area contributed by atoms with E-state index in [1.165, 1.54) is 17.5 Å². The van der Waals surface area contributed by atoms with E-state index in [4.69, 9.17) is 0 Å². The van der Waals surface area contributed by atoms with Crippen LogP contribution in [0.4, 0.5) is 10.2 Å². The summed E-state index contributed by atoms with van der Waals surface area (Å²) in [4.78, 5) is 3.77. The molecule has 80 valence electrons. The molecule has 1 aromatic rings. The fraction of sp³-hybridized carbons (Fsp3) is 0.222. The monoisotopic (exact) mass is 228 g/mol. The average molecular weight is 228 g/mol. The standard InChI is InChI=1S/C9H9FN2O2S/c10-7-1-2-9(11-5-7)12-8-3-4-15(13,14)6-8/h1-5,8H,6H2,(H,11,12). The van der Waals surface area contributed by atoms with Crippen molar-refractivity contribution in [3.8, 4) is 0 Å². The van der Waals surface area contributed by atoms with Gasteiger partial charge in [0.2, 0.25) is 0 Å². The smallest absolute Gasteiger partial charge is 0.173 e. The first-order valence-corrected chi connectivity index (χ1v) is 6.06. The summed E-state index contributed by atoms with van der Waals surface area (Å²) in [5.74, 6) is 0.0600. The maximum atomic E-state index is 12.5. The van der Waals surface area contributed by atoms with Crippen molar-refractivity contribution in [1.29, 1.82) is 0 Å². The van der Waals surface area contributed by atoms with Crippen molar-refractivity contribution in [2.45, 2.75) is 6.04 Å². The van der Waals surface area contributed by atoms with Gasteiger partial charge in [-0.15, -0.1) is 0 Å². The SMILES string of the molecule is O=S1(=O)C=CC(Nc2ccc(F)cn2)C1. The van der Waals surface area contributed by atoms with Crippen molar-refractivity contribution < 1.29 is 12.8 Å². The largest absolute Gasteiger partial charge is 0.363 e. The second-order valence-electron chi connectivity index (χ2n) is 3.27. The van der Waals surface area contributed by atoms with Gasteiger partial charge in [-0.25, -0.2) is 17.8 Å². The minimum Gasteiger partial charge on any atom is -0.363 e. The van der Waals surface area contributed by atoms with Crippen LogP contribution in [0.15, 0.2) is 29.8 Å². The Morgan fingerprint density at radius 3 is 2.80 bits per heavy atom. The number of hydrogen-bond acceptors (Lipinski definition) is 4. The fourth-order valence-electron chi connectivity index (χ4n) is 1.32. The molecule has 1 atom stereocenters. The molecule has 2 heterocycles. The third-order valence-corrected chi connectivity index (χ3v) is 3.39. The molecule has 4 nitrogen and oxygen atoms in total. The van der Waals surface area contributed by atoms with Gasteiger partial charge < -0.3 is 5.32 Å². The van der Waals surface area contributed by atoms with Crippen LogP contribution in [-0.2, 0) is 9.84 Å². The van der Waals surface area contributed by atoms with E-state index in [0.29, 0.717) is 5.82 Å². The summed E-state index contributed by atoms with van der Waals surface area (Å²) in [6.07, 6.45) is 2.63. The predicted molar refractivity (Wildman–Crippen MR) is 54.5 cm³/mol. The molecule has 0 aliphatic carbocycles. The molecule has 1 unspecified atom stereocenters. The van der Waals surface area contributed by atoms with E-state index >= 15 is 0 Å². The van der Waals surface area contributed by atoms with Crippen LogP contribution in [-0.4, -0.2) is 25.2 Å². The molecule has 15 heavy (non-hydrogen) atoms. The molecule has 1 aliphatic rings. The molecule has 2 rings (SSSR count). The van der Waals surface area contributed by atoms with Crippen LogP contribution >= 0.6 is 0 Å². The van der Waals surface area contributed by atoms with Gasteiger partial charge in [0.25, 0.3) is 0 Å². The number of nitrogens with one attached hydrogen (secondary N) is 1. The minimum atomic E-state index is -3.07. The molecule has 1 aromatic heterocycles. The number of anilines is 1. The maximum Gasteiger partial charge on any atom is 0.173 e.